The predicted octanol–water partition coefficient (Wildman–Crippen LogP) is 3.39. The summed E-state index contributed by atoms with van der Waals surface area (Å²) < 4.78 is 0. The molecule has 0 aliphatic carbocycles. The summed E-state index contributed by atoms with van der Waals surface area (Å²) in [6.45, 7) is 0. The second-order valence-electron chi connectivity index (χ2n) is 3.92. The van der Waals surface area contributed by atoms with E-state index in [0.29, 0.717) is 11.4 Å². The molecule has 102 valence electrons. The number of anilines is 2. The minimum Gasteiger partial charge on any atom is -0.478 e. The molecular formula is C14H11ClN2O3. The molecule has 0 atom stereocenters. The quantitative estimate of drug-likeness (QED) is 0.851. The normalized spacial score (nSPS) is 9.85. The van der Waals surface area contributed by atoms with Crippen molar-refractivity contribution >= 4 is 35.2 Å². The maximum Gasteiger partial charge on any atom is 0.341 e. The summed E-state index contributed by atoms with van der Waals surface area (Å²) in [6, 6.07) is 14.3. The lowest BCUT2D eigenvalue weighted by Gasteiger charge is -2.21. The fraction of sp³-hybridized carbons (Fsp3) is 0. The molecule has 20 heavy (non-hydrogen) atoms. The molecule has 5 nitrogen and oxygen atoms in total. The lowest BCUT2D eigenvalue weighted by molar-refractivity contribution is 0.0697. The largest absolute Gasteiger partial charge is 0.478 e. The first-order valence-electron chi connectivity index (χ1n) is 5.72. The molecule has 2 aromatic carbocycles. The van der Waals surface area contributed by atoms with E-state index in [1.54, 1.807) is 36.4 Å². The summed E-state index contributed by atoms with van der Waals surface area (Å²) in [5.41, 5.74) is 1.28. The molecule has 0 heterocycles. The Balaban J connectivity index is 2.42. The van der Waals surface area contributed by atoms with Crippen molar-refractivity contribution in [3.63, 3.8) is 0 Å². The van der Waals surface area contributed by atoms with Gasteiger partial charge in [-0.25, -0.2) is 14.4 Å². The molecule has 0 saturated heterocycles. The van der Waals surface area contributed by atoms with Gasteiger partial charge in [0.2, 0.25) is 0 Å². The number of aromatic carboxylic acids is 1. The van der Waals surface area contributed by atoms with Crippen molar-refractivity contribution < 1.29 is 14.7 Å². The van der Waals surface area contributed by atoms with Gasteiger partial charge >= 0.3 is 12.0 Å². The molecule has 0 aliphatic heterocycles. The van der Waals surface area contributed by atoms with Crippen molar-refractivity contribution in [3.05, 3.63) is 60.2 Å². The number of carboxylic acid groups (broad SMARTS) is 1. The number of carbonyl (C=O) groups excluding carboxylic acids is 1. The van der Waals surface area contributed by atoms with E-state index in [4.69, 9.17) is 16.9 Å². The van der Waals surface area contributed by atoms with Crippen LogP contribution in [0.2, 0.25) is 0 Å². The Kier molecular flexibility index (Phi) is 4.22. The summed E-state index contributed by atoms with van der Waals surface area (Å²) >= 11 is 5.39. The van der Waals surface area contributed by atoms with E-state index in [-0.39, 0.29) is 5.56 Å². The molecular weight excluding hydrogens is 280 g/mol. The van der Waals surface area contributed by atoms with Crippen molar-refractivity contribution in [1.82, 2.24) is 4.84 Å². The molecule has 0 saturated carbocycles. The van der Waals surface area contributed by atoms with Gasteiger partial charge in [0.1, 0.15) is 0 Å². The number of halogens is 1. The molecule has 2 N–H and O–H groups in total. The molecule has 0 aromatic heterocycles. The van der Waals surface area contributed by atoms with Gasteiger partial charge in [-0.05, 0) is 36.4 Å². The molecule has 2 amide bonds. The number of benzene rings is 2. The highest BCUT2D eigenvalue weighted by atomic mass is 35.5. The van der Waals surface area contributed by atoms with Crippen LogP contribution in [0.15, 0.2) is 54.6 Å². The zero-order valence-corrected chi connectivity index (χ0v) is 11.0. The maximum atomic E-state index is 11.9. The van der Waals surface area contributed by atoms with Crippen LogP contribution in [0.4, 0.5) is 16.2 Å². The van der Waals surface area contributed by atoms with Crippen LogP contribution in [0.1, 0.15) is 10.4 Å². The molecule has 0 fully saturated rings. The minimum atomic E-state index is -1.02. The minimum absolute atomic E-state index is 0.146. The number of rotatable bonds is 3. The standard InChI is InChI=1S/C14H11ClN2O3/c15-16-14(20)17(11-4-2-1-3-5-11)12-8-6-10(7-9-12)13(18)19/h1-9H,(H,16,20)(H,18,19). The third-order valence-electron chi connectivity index (χ3n) is 2.67. The number of para-hydroxylation sites is 1. The number of urea groups is 1. The fourth-order valence-corrected chi connectivity index (χ4v) is 1.84. The summed E-state index contributed by atoms with van der Waals surface area (Å²) in [7, 11) is 0. The van der Waals surface area contributed by atoms with E-state index in [2.05, 4.69) is 0 Å². The summed E-state index contributed by atoms with van der Waals surface area (Å²) in [5.74, 6) is -1.02. The van der Waals surface area contributed by atoms with Crippen LogP contribution in [0.3, 0.4) is 0 Å². The van der Waals surface area contributed by atoms with E-state index in [1.165, 1.54) is 17.0 Å². The molecule has 6 heteroatoms. The van der Waals surface area contributed by atoms with E-state index in [0.717, 1.165) is 0 Å². The Hall–Kier alpha value is -2.53. The Morgan fingerprint density at radius 3 is 2.00 bits per heavy atom. The van der Waals surface area contributed by atoms with Crippen LogP contribution >= 0.6 is 11.8 Å². The first-order chi connectivity index (χ1) is 9.63. The zero-order chi connectivity index (χ0) is 14.5. The third-order valence-corrected chi connectivity index (χ3v) is 2.83. The van der Waals surface area contributed by atoms with E-state index >= 15 is 0 Å². The summed E-state index contributed by atoms with van der Waals surface area (Å²) in [6.07, 6.45) is 0. The van der Waals surface area contributed by atoms with Gasteiger partial charge in [-0.15, -0.1) is 0 Å². The molecule has 2 rings (SSSR count). The van der Waals surface area contributed by atoms with Crippen molar-refractivity contribution in [2.75, 3.05) is 4.90 Å². The van der Waals surface area contributed by atoms with Gasteiger partial charge in [0.15, 0.2) is 0 Å². The van der Waals surface area contributed by atoms with Gasteiger partial charge in [-0.1, -0.05) is 18.2 Å². The van der Waals surface area contributed by atoms with Crippen LogP contribution < -0.4 is 9.74 Å². The van der Waals surface area contributed by atoms with Crippen LogP contribution in [0.5, 0.6) is 0 Å². The van der Waals surface area contributed by atoms with Gasteiger partial charge in [-0.2, -0.15) is 0 Å². The lowest BCUT2D eigenvalue weighted by Crippen LogP contribution is -2.31. The van der Waals surface area contributed by atoms with Crippen molar-refractivity contribution in [2.45, 2.75) is 0 Å². The highest BCUT2D eigenvalue weighted by molar-refractivity contribution is 6.24. The van der Waals surface area contributed by atoms with Crippen LogP contribution in [-0.4, -0.2) is 17.1 Å². The zero-order valence-electron chi connectivity index (χ0n) is 10.3. The number of carbonyl (C=O) groups is 2. The monoisotopic (exact) mass is 290 g/mol. The second-order valence-corrected chi connectivity index (χ2v) is 4.11. The lowest BCUT2D eigenvalue weighted by atomic mass is 10.2. The van der Waals surface area contributed by atoms with Gasteiger partial charge in [-0.3, -0.25) is 4.90 Å². The van der Waals surface area contributed by atoms with Crippen LogP contribution in [0.25, 0.3) is 0 Å². The topological polar surface area (TPSA) is 69.6 Å². The number of nitrogens with one attached hydrogen (secondary N) is 1. The number of hydrogen-bond donors (Lipinski definition) is 2. The van der Waals surface area contributed by atoms with Gasteiger partial charge in [0.25, 0.3) is 0 Å². The SMILES string of the molecule is O=C(O)c1ccc(N(C(=O)NCl)c2ccccc2)cc1. The second kappa shape index (κ2) is 6.08. The van der Waals surface area contributed by atoms with E-state index in [1.807, 2.05) is 10.9 Å². The molecule has 0 unspecified atom stereocenters. The Morgan fingerprint density at radius 2 is 1.50 bits per heavy atom. The molecule has 0 aliphatic rings. The molecule has 2 aromatic rings. The van der Waals surface area contributed by atoms with E-state index in [9.17, 15) is 9.59 Å². The first kappa shape index (κ1) is 13.9. The van der Waals surface area contributed by atoms with Gasteiger partial charge in [0.05, 0.1) is 16.9 Å². The highest BCUT2D eigenvalue weighted by Gasteiger charge is 2.17. The maximum absolute atomic E-state index is 11.9. The molecule has 0 radical (unpaired) electrons. The Bertz CT molecular complexity index is 614. The van der Waals surface area contributed by atoms with Crippen molar-refractivity contribution in [1.29, 1.82) is 0 Å². The fourth-order valence-electron chi connectivity index (χ4n) is 1.76. The van der Waals surface area contributed by atoms with Crippen molar-refractivity contribution in [3.8, 4) is 0 Å². The Morgan fingerprint density at radius 1 is 0.950 bits per heavy atom. The number of amides is 2. The van der Waals surface area contributed by atoms with Gasteiger partial charge in [0, 0.05) is 11.8 Å². The van der Waals surface area contributed by atoms with E-state index < -0.39 is 12.0 Å². The molecule has 0 bridgehead atoms. The first-order valence-corrected chi connectivity index (χ1v) is 6.10. The van der Waals surface area contributed by atoms with Crippen LogP contribution in [-0.2, 0) is 0 Å². The Labute approximate surface area is 120 Å². The van der Waals surface area contributed by atoms with Crippen LogP contribution in [0, 0.1) is 0 Å². The average molecular weight is 291 g/mol. The predicted molar refractivity (Wildman–Crippen MR) is 76.4 cm³/mol. The third kappa shape index (κ3) is 2.89. The summed E-state index contributed by atoms with van der Waals surface area (Å²) in [4.78, 5) is 26.1. The smallest absolute Gasteiger partial charge is 0.341 e. The molecule has 0 spiro atoms. The average Bonchev–Trinajstić information content (AvgIpc) is 2.49. The van der Waals surface area contributed by atoms with Crippen molar-refractivity contribution in [2.24, 2.45) is 0 Å². The number of nitrogens with zero attached hydrogens (tertiary/aromatic N) is 1. The number of carboxylic acids is 1. The van der Waals surface area contributed by atoms with Gasteiger partial charge < -0.3 is 5.11 Å². The highest BCUT2D eigenvalue weighted by Crippen LogP contribution is 2.25. The summed E-state index contributed by atoms with van der Waals surface area (Å²) in [5, 5.41) is 8.87. The number of hydrogen-bond acceptors (Lipinski definition) is 2.